The van der Waals surface area contributed by atoms with Gasteiger partial charge in [0.15, 0.2) is 11.6 Å². The Balaban J connectivity index is 1.74. The van der Waals surface area contributed by atoms with E-state index >= 15 is 0 Å². The van der Waals surface area contributed by atoms with Gasteiger partial charge in [-0.2, -0.15) is 0 Å². The molecule has 9 heteroatoms. The lowest BCUT2D eigenvalue weighted by molar-refractivity contribution is -0.130. The average Bonchev–Trinajstić information content (AvgIpc) is 3.38. The summed E-state index contributed by atoms with van der Waals surface area (Å²) in [6.07, 6.45) is 3.76. The fourth-order valence-corrected chi connectivity index (χ4v) is 4.62. The Kier molecular flexibility index (Phi) is 10.5. The fraction of sp³-hybridized carbons (Fsp3) is 0.290. The van der Waals surface area contributed by atoms with Gasteiger partial charge >= 0.3 is 0 Å². The first kappa shape index (κ1) is 29.5. The fourth-order valence-electron chi connectivity index (χ4n) is 4.35. The summed E-state index contributed by atoms with van der Waals surface area (Å²) in [7, 11) is 0. The zero-order valence-corrected chi connectivity index (χ0v) is 23.5. The molecule has 0 radical (unpaired) electrons. The highest BCUT2D eigenvalue weighted by Gasteiger charge is 2.52. The Labute approximate surface area is 242 Å². The summed E-state index contributed by atoms with van der Waals surface area (Å²) in [4.78, 5) is 18.9. The summed E-state index contributed by atoms with van der Waals surface area (Å²) in [5, 5.41) is 31.1. The number of aliphatic hydroxyl groups excluding tert-OH is 3. The van der Waals surface area contributed by atoms with Crippen molar-refractivity contribution in [2.45, 2.75) is 30.5 Å². The van der Waals surface area contributed by atoms with E-state index in [1.54, 1.807) is 12.1 Å². The zero-order valence-electron chi connectivity index (χ0n) is 21.9. The highest BCUT2D eigenvalue weighted by atomic mass is 79.9. The third kappa shape index (κ3) is 7.17. The molecule has 4 N–H and O–H groups in total. The second kappa shape index (κ2) is 14.2. The third-order valence-electron chi connectivity index (χ3n) is 6.52. The predicted molar refractivity (Wildman–Crippen MR) is 157 cm³/mol. The molecule has 3 aromatic rings. The van der Waals surface area contributed by atoms with E-state index in [2.05, 4.69) is 21.2 Å². The number of aliphatic imine (C=N–C) groups is 1. The highest BCUT2D eigenvalue weighted by molar-refractivity contribution is 9.10. The number of carbonyl (C=O) groups excluding carboxylic acids is 1. The number of halogens is 1. The summed E-state index contributed by atoms with van der Waals surface area (Å²) in [5.41, 5.74) is 0.965. The normalized spacial score (nSPS) is 18.5. The number of rotatable bonds is 13. The molecule has 8 nitrogen and oxygen atoms in total. The van der Waals surface area contributed by atoms with E-state index < -0.39 is 36.8 Å². The Morgan fingerprint density at radius 2 is 1.73 bits per heavy atom. The van der Waals surface area contributed by atoms with Gasteiger partial charge in [-0.1, -0.05) is 70.5 Å². The second-order valence-electron chi connectivity index (χ2n) is 9.39. The molecule has 1 amide bonds. The number of carbonyl (C=O) groups is 1. The van der Waals surface area contributed by atoms with Gasteiger partial charge in [0, 0.05) is 29.5 Å². The number of nitrogens with one attached hydrogen (secondary N) is 1. The van der Waals surface area contributed by atoms with Crippen LogP contribution in [0.15, 0.2) is 94.4 Å². The van der Waals surface area contributed by atoms with Crippen molar-refractivity contribution in [1.29, 1.82) is 0 Å². The first-order chi connectivity index (χ1) is 19.5. The molecule has 3 aromatic carbocycles. The number of hydrogen-bond donors (Lipinski definition) is 4. The summed E-state index contributed by atoms with van der Waals surface area (Å²) in [6.45, 7) is -0.393. The highest BCUT2D eigenvalue weighted by Crippen LogP contribution is 2.43. The Bertz CT molecular complexity index is 1290. The van der Waals surface area contributed by atoms with Gasteiger partial charge in [-0.05, 0) is 47.5 Å². The van der Waals surface area contributed by atoms with Crippen LogP contribution in [-0.2, 0) is 9.53 Å². The monoisotopic (exact) mass is 608 g/mol. The van der Waals surface area contributed by atoms with E-state index in [4.69, 9.17) is 19.6 Å². The molecule has 0 unspecified atom stereocenters. The quantitative estimate of drug-likeness (QED) is 0.217. The van der Waals surface area contributed by atoms with Crippen molar-refractivity contribution in [3.63, 3.8) is 0 Å². The number of amides is 1. The van der Waals surface area contributed by atoms with Crippen molar-refractivity contribution >= 4 is 33.8 Å². The van der Waals surface area contributed by atoms with E-state index in [1.165, 1.54) is 0 Å². The van der Waals surface area contributed by atoms with E-state index in [0.717, 1.165) is 15.6 Å². The predicted octanol–water partition coefficient (Wildman–Crippen LogP) is 4.04. The lowest BCUT2D eigenvalue weighted by atomic mass is 9.84. The summed E-state index contributed by atoms with van der Waals surface area (Å²) >= 11 is 3.47. The van der Waals surface area contributed by atoms with Crippen molar-refractivity contribution < 1.29 is 29.6 Å². The van der Waals surface area contributed by atoms with Gasteiger partial charge in [-0.3, -0.25) is 4.79 Å². The smallest absolute Gasteiger partial charge is 0.253 e. The standard InChI is InChI=1S/C31H33BrN2O6/c32-25-13-9-23(10-14-25)28-31(30(38)33-26(20-36)21-37,17-4-8-22-6-2-1-3-7-22)34-29(40-28)24-11-15-27(16-12-24)39-19-5-18-35/h1-4,6-16,26,28,35-37H,5,17-21H2,(H,33,38)/b8-4+/t28-,31-/m1/s1. The van der Waals surface area contributed by atoms with Crippen molar-refractivity contribution in [1.82, 2.24) is 5.32 Å². The lowest BCUT2D eigenvalue weighted by Gasteiger charge is -2.31. The summed E-state index contributed by atoms with van der Waals surface area (Å²) in [5.74, 6) is 0.469. The van der Waals surface area contributed by atoms with Crippen LogP contribution in [0.2, 0.25) is 0 Å². The van der Waals surface area contributed by atoms with Gasteiger partial charge in [0.2, 0.25) is 5.90 Å². The Hall–Kier alpha value is -3.50. The molecule has 1 aliphatic rings. The molecular formula is C31H33BrN2O6. The minimum Gasteiger partial charge on any atom is -0.494 e. The van der Waals surface area contributed by atoms with Crippen molar-refractivity contribution in [3.8, 4) is 5.75 Å². The van der Waals surface area contributed by atoms with Crippen LogP contribution < -0.4 is 10.1 Å². The first-order valence-corrected chi connectivity index (χ1v) is 13.9. The Morgan fingerprint density at radius 3 is 2.38 bits per heavy atom. The average molecular weight is 610 g/mol. The van der Waals surface area contributed by atoms with E-state index in [9.17, 15) is 15.0 Å². The number of benzene rings is 3. The maximum absolute atomic E-state index is 14.0. The molecule has 4 rings (SSSR count). The van der Waals surface area contributed by atoms with Crippen molar-refractivity contribution in [2.75, 3.05) is 26.4 Å². The van der Waals surface area contributed by atoms with E-state index in [0.29, 0.717) is 30.2 Å². The van der Waals surface area contributed by atoms with Gasteiger partial charge in [-0.15, -0.1) is 0 Å². The lowest BCUT2D eigenvalue weighted by Crippen LogP contribution is -2.53. The van der Waals surface area contributed by atoms with Crippen LogP contribution in [0.5, 0.6) is 5.75 Å². The molecule has 1 heterocycles. The molecule has 0 bridgehead atoms. The molecule has 0 saturated heterocycles. The number of hydrogen-bond acceptors (Lipinski definition) is 7. The molecule has 0 aromatic heterocycles. The zero-order chi connectivity index (χ0) is 28.4. The van der Waals surface area contributed by atoms with E-state index in [-0.39, 0.29) is 13.0 Å². The van der Waals surface area contributed by atoms with Crippen LogP contribution in [0.1, 0.15) is 35.6 Å². The molecule has 40 heavy (non-hydrogen) atoms. The van der Waals surface area contributed by atoms with Crippen LogP contribution in [0.25, 0.3) is 6.08 Å². The molecule has 0 fully saturated rings. The van der Waals surface area contributed by atoms with Gasteiger partial charge in [0.05, 0.1) is 25.9 Å². The van der Waals surface area contributed by atoms with Crippen molar-refractivity contribution in [2.24, 2.45) is 4.99 Å². The van der Waals surface area contributed by atoms with Crippen LogP contribution >= 0.6 is 15.9 Å². The largest absolute Gasteiger partial charge is 0.494 e. The molecule has 0 spiro atoms. The van der Waals surface area contributed by atoms with Crippen molar-refractivity contribution in [3.05, 3.63) is 106 Å². The first-order valence-electron chi connectivity index (χ1n) is 13.1. The maximum atomic E-state index is 14.0. The molecule has 0 saturated carbocycles. The Morgan fingerprint density at radius 1 is 1.02 bits per heavy atom. The van der Waals surface area contributed by atoms with Crippen LogP contribution in [0, 0.1) is 0 Å². The van der Waals surface area contributed by atoms with Gasteiger partial charge in [-0.25, -0.2) is 4.99 Å². The minimum atomic E-state index is -1.42. The number of aliphatic hydroxyl groups is 3. The number of ether oxygens (including phenoxy) is 2. The molecule has 1 aliphatic heterocycles. The summed E-state index contributed by atoms with van der Waals surface area (Å²) < 4.78 is 13.0. The number of nitrogens with zero attached hydrogens (tertiary/aromatic N) is 1. The minimum absolute atomic E-state index is 0.0520. The van der Waals surface area contributed by atoms with Gasteiger partial charge in [0.25, 0.3) is 5.91 Å². The van der Waals surface area contributed by atoms with Crippen LogP contribution in [0.4, 0.5) is 0 Å². The van der Waals surface area contributed by atoms with Gasteiger partial charge < -0.3 is 30.1 Å². The van der Waals surface area contributed by atoms with Gasteiger partial charge in [0.1, 0.15) is 5.75 Å². The van der Waals surface area contributed by atoms with Crippen LogP contribution in [0.3, 0.4) is 0 Å². The topological polar surface area (TPSA) is 121 Å². The molecule has 0 aliphatic carbocycles. The third-order valence-corrected chi connectivity index (χ3v) is 7.05. The van der Waals surface area contributed by atoms with E-state index in [1.807, 2.05) is 78.9 Å². The maximum Gasteiger partial charge on any atom is 0.253 e. The second-order valence-corrected chi connectivity index (χ2v) is 10.3. The SMILES string of the molecule is O=C(NC(CO)CO)[C@]1(C/C=C/c2ccccc2)N=C(c2ccc(OCCCO)cc2)O[C@@H]1c1ccc(Br)cc1. The molecule has 2 atom stereocenters. The summed E-state index contributed by atoms with van der Waals surface area (Å²) in [6, 6.07) is 23.6. The molecular weight excluding hydrogens is 576 g/mol. The molecule has 210 valence electrons. The van der Waals surface area contributed by atoms with Crippen LogP contribution in [-0.4, -0.2) is 65.1 Å².